The molecule has 0 spiro atoms. The van der Waals surface area contributed by atoms with Crippen molar-refractivity contribution in [3.05, 3.63) is 30.1 Å². The lowest BCUT2D eigenvalue weighted by Gasteiger charge is -2.31. The maximum atomic E-state index is 12.0. The van der Waals surface area contributed by atoms with Gasteiger partial charge in [0.1, 0.15) is 5.82 Å². The summed E-state index contributed by atoms with van der Waals surface area (Å²) in [5.74, 6) is 1.43. The Morgan fingerprint density at radius 1 is 1.38 bits per heavy atom. The predicted molar refractivity (Wildman–Crippen MR) is 88.0 cm³/mol. The number of nitrogens with zero attached hydrogens (tertiary/aromatic N) is 1. The van der Waals surface area contributed by atoms with Gasteiger partial charge in [0.05, 0.1) is 17.6 Å². The average Bonchev–Trinajstić information content (AvgIpc) is 2.76. The van der Waals surface area contributed by atoms with Gasteiger partial charge in [-0.3, -0.25) is 4.79 Å². The van der Waals surface area contributed by atoms with Crippen molar-refractivity contribution in [2.24, 2.45) is 11.8 Å². The molecule has 7 heteroatoms. The summed E-state index contributed by atoms with van der Waals surface area (Å²) in [6.07, 6.45) is 0. The molecule has 0 aliphatic carbocycles. The molecule has 0 radical (unpaired) electrons. The van der Waals surface area contributed by atoms with E-state index in [1.165, 1.54) is 0 Å². The molecular weight excluding hydrogens is 311 g/mol. The zero-order chi connectivity index (χ0) is 13.2. The molecule has 1 atom stereocenters. The summed E-state index contributed by atoms with van der Waals surface area (Å²) < 4.78 is 0. The Hall–Kier alpha value is -1.30. The van der Waals surface area contributed by atoms with Gasteiger partial charge in [-0.15, -0.1) is 24.8 Å². The van der Waals surface area contributed by atoms with Gasteiger partial charge in [-0.05, 0) is 31.1 Å². The van der Waals surface area contributed by atoms with Gasteiger partial charge < -0.3 is 15.6 Å². The molecule has 1 unspecified atom stereocenters. The van der Waals surface area contributed by atoms with Crippen LogP contribution in [0.1, 0.15) is 12.7 Å². The minimum atomic E-state index is 0. The molecule has 5 nitrogen and oxygen atoms in total. The molecule has 3 N–H and O–H groups in total. The number of H-pyrrole nitrogens is 1. The Labute approximate surface area is 136 Å². The molecule has 116 valence electrons. The van der Waals surface area contributed by atoms with Crippen LogP contribution in [0.3, 0.4) is 0 Å². The largest absolute Gasteiger partial charge is 0.349 e. The summed E-state index contributed by atoms with van der Waals surface area (Å²) in [7, 11) is 0. The first-order valence-electron chi connectivity index (χ1n) is 6.66. The summed E-state index contributed by atoms with van der Waals surface area (Å²) in [6, 6.07) is 7.86. The first-order chi connectivity index (χ1) is 9.24. The van der Waals surface area contributed by atoms with E-state index in [0.717, 1.165) is 29.9 Å². The van der Waals surface area contributed by atoms with Gasteiger partial charge in [0.25, 0.3) is 0 Å². The third-order valence-corrected chi connectivity index (χ3v) is 3.80. The molecule has 21 heavy (non-hydrogen) atoms. The number of amides is 1. The van der Waals surface area contributed by atoms with Crippen molar-refractivity contribution < 1.29 is 4.79 Å². The van der Waals surface area contributed by atoms with E-state index in [1.54, 1.807) is 0 Å². The smallest absolute Gasteiger partial charge is 0.223 e. The number of nitrogens with one attached hydrogen (secondary N) is 3. The number of carbonyl (C=O) groups excluding carboxylic acids is 1. The molecular formula is C14H20Cl2N4O. The molecule has 1 aromatic heterocycles. The van der Waals surface area contributed by atoms with Crippen LogP contribution >= 0.6 is 24.8 Å². The second-order valence-electron chi connectivity index (χ2n) is 5.13. The van der Waals surface area contributed by atoms with E-state index in [9.17, 15) is 4.79 Å². The SMILES string of the molecule is CC(C(=O)NCc1nc2ccccc2[nH]1)C1CNC1.Cl.Cl. The van der Waals surface area contributed by atoms with Crippen LogP contribution in [0.2, 0.25) is 0 Å². The lowest BCUT2D eigenvalue weighted by molar-refractivity contribution is -0.126. The summed E-state index contributed by atoms with van der Waals surface area (Å²) in [4.78, 5) is 19.6. The zero-order valence-electron chi connectivity index (χ0n) is 11.8. The van der Waals surface area contributed by atoms with Gasteiger partial charge in [-0.25, -0.2) is 4.98 Å². The fourth-order valence-corrected chi connectivity index (χ4v) is 2.30. The topological polar surface area (TPSA) is 69.8 Å². The molecule has 0 saturated carbocycles. The number of para-hydroxylation sites is 2. The van der Waals surface area contributed by atoms with Gasteiger partial charge in [-0.1, -0.05) is 19.1 Å². The van der Waals surface area contributed by atoms with E-state index < -0.39 is 0 Å². The molecule has 3 rings (SSSR count). The van der Waals surface area contributed by atoms with Crippen molar-refractivity contribution in [3.8, 4) is 0 Å². The minimum absolute atomic E-state index is 0. The van der Waals surface area contributed by atoms with E-state index in [0.29, 0.717) is 12.5 Å². The molecule has 2 aromatic rings. The second-order valence-corrected chi connectivity index (χ2v) is 5.13. The quantitative estimate of drug-likeness (QED) is 0.801. The lowest BCUT2D eigenvalue weighted by Crippen LogP contribution is -2.49. The van der Waals surface area contributed by atoms with Crippen LogP contribution in [0.4, 0.5) is 0 Å². The van der Waals surface area contributed by atoms with Crippen LogP contribution < -0.4 is 10.6 Å². The summed E-state index contributed by atoms with van der Waals surface area (Å²) in [5, 5.41) is 6.14. The highest BCUT2D eigenvalue weighted by Crippen LogP contribution is 2.16. The number of aromatic nitrogens is 2. The van der Waals surface area contributed by atoms with Crippen LogP contribution in [0.25, 0.3) is 11.0 Å². The number of imidazole rings is 1. The van der Waals surface area contributed by atoms with Gasteiger partial charge in [0.15, 0.2) is 0 Å². The molecule has 1 aliphatic rings. The number of benzene rings is 1. The number of fused-ring (bicyclic) bond motifs is 1. The van der Waals surface area contributed by atoms with Crippen LogP contribution in [0, 0.1) is 11.8 Å². The summed E-state index contributed by atoms with van der Waals surface area (Å²) in [6.45, 7) is 4.33. The van der Waals surface area contributed by atoms with E-state index in [4.69, 9.17) is 0 Å². The van der Waals surface area contributed by atoms with E-state index >= 15 is 0 Å². The van der Waals surface area contributed by atoms with Gasteiger partial charge in [0, 0.05) is 5.92 Å². The predicted octanol–water partition coefficient (Wildman–Crippen LogP) is 1.88. The maximum absolute atomic E-state index is 12.0. The normalized spacial score (nSPS) is 15.5. The monoisotopic (exact) mass is 330 g/mol. The van der Waals surface area contributed by atoms with E-state index in [-0.39, 0.29) is 36.6 Å². The average molecular weight is 331 g/mol. The Kier molecular flexibility index (Phi) is 6.45. The van der Waals surface area contributed by atoms with E-state index in [1.807, 2.05) is 31.2 Å². The fourth-order valence-electron chi connectivity index (χ4n) is 2.30. The molecule has 1 aromatic carbocycles. The third-order valence-electron chi connectivity index (χ3n) is 3.80. The lowest BCUT2D eigenvalue weighted by atomic mass is 9.88. The molecule has 1 saturated heterocycles. The highest BCUT2D eigenvalue weighted by atomic mass is 35.5. The van der Waals surface area contributed by atoms with Crippen LogP contribution in [-0.2, 0) is 11.3 Å². The molecule has 0 bridgehead atoms. The summed E-state index contributed by atoms with van der Waals surface area (Å²) in [5.41, 5.74) is 1.94. The zero-order valence-corrected chi connectivity index (χ0v) is 13.4. The van der Waals surface area contributed by atoms with Crippen LogP contribution in [0.15, 0.2) is 24.3 Å². The number of halogens is 2. The number of carbonyl (C=O) groups is 1. The third kappa shape index (κ3) is 3.87. The minimum Gasteiger partial charge on any atom is -0.349 e. The van der Waals surface area contributed by atoms with Crippen molar-refractivity contribution >= 4 is 41.8 Å². The number of hydrogen-bond donors (Lipinski definition) is 3. The Morgan fingerprint density at radius 3 is 2.71 bits per heavy atom. The number of hydrogen-bond acceptors (Lipinski definition) is 3. The number of aromatic amines is 1. The first kappa shape index (κ1) is 17.8. The van der Waals surface area contributed by atoms with Crippen molar-refractivity contribution in [2.75, 3.05) is 13.1 Å². The van der Waals surface area contributed by atoms with Gasteiger partial charge >= 0.3 is 0 Å². The maximum Gasteiger partial charge on any atom is 0.223 e. The Bertz CT molecular complexity index is 564. The van der Waals surface area contributed by atoms with Crippen molar-refractivity contribution in [1.82, 2.24) is 20.6 Å². The highest BCUT2D eigenvalue weighted by Gasteiger charge is 2.28. The number of rotatable bonds is 4. The van der Waals surface area contributed by atoms with E-state index in [2.05, 4.69) is 20.6 Å². The molecule has 1 fully saturated rings. The fraction of sp³-hybridized carbons (Fsp3) is 0.429. The Morgan fingerprint density at radius 2 is 2.10 bits per heavy atom. The van der Waals surface area contributed by atoms with Gasteiger partial charge in [-0.2, -0.15) is 0 Å². The summed E-state index contributed by atoms with van der Waals surface area (Å²) >= 11 is 0. The van der Waals surface area contributed by atoms with Crippen molar-refractivity contribution in [2.45, 2.75) is 13.5 Å². The van der Waals surface area contributed by atoms with Gasteiger partial charge in [0.2, 0.25) is 5.91 Å². The highest BCUT2D eigenvalue weighted by molar-refractivity contribution is 5.85. The molecule has 1 aliphatic heterocycles. The Balaban J connectivity index is 0.00000110. The molecule has 1 amide bonds. The first-order valence-corrected chi connectivity index (χ1v) is 6.66. The van der Waals surface area contributed by atoms with Crippen molar-refractivity contribution in [1.29, 1.82) is 0 Å². The standard InChI is InChI=1S/C14H18N4O.2ClH/c1-9(10-6-15-7-10)14(19)16-8-13-17-11-4-2-3-5-12(11)18-13;;/h2-5,9-10,15H,6-8H2,1H3,(H,16,19)(H,17,18);2*1H. The van der Waals surface area contributed by atoms with Crippen LogP contribution in [-0.4, -0.2) is 29.0 Å². The van der Waals surface area contributed by atoms with Crippen LogP contribution in [0.5, 0.6) is 0 Å². The van der Waals surface area contributed by atoms with Crippen molar-refractivity contribution in [3.63, 3.8) is 0 Å². The molecule has 2 heterocycles. The second kappa shape index (κ2) is 7.64.